The molecule has 0 amide bonds. The Morgan fingerprint density at radius 3 is 2.06 bits per heavy atom. The van der Waals surface area contributed by atoms with Crippen LogP contribution in [0.4, 0.5) is 0 Å². The Bertz CT molecular complexity index is 1620. The average Bonchev–Trinajstić information content (AvgIpc) is 3.04. The zero-order chi connectivity index (χ0) is 21.8. The second-order valence-electron chi connectivity index (χ2n) is 10.5. The van der Waals surface area contributed by atoms with Crippen LogP contribution in [-0.2, 0) is 10.8 Å². The van der Waals surface area contributed by atoms with Crippen molar-refractivity contribution < 1.29 is 0 Å². The Labute approximate surface area is 188 Å². The van der Waals surface area contributed by atoms with Crippen molar-refractivity contribution in [3.05, 3.63) is 101 Å². The Morgan fingerprint density at radius 1 is 0.562 bits per heavy atom. The van der Waals surface area contributed by atoms with E-state index in [1.54, 1.807) is 0 Å². The molecule has 1 heterocycles. The molecule has 0 spiro atoms. The maximum absolute atomic E-state index is 4.73. The van der Waals surface area contributed by atoms with Crippen molar-refractivity contribution in [3.63, 3.8) is 0 Å². The van der Waals surface area contributed by atoms with Gasteiger partial charge in [0.2, 0.25) is 0 Å². The van der Waals surface area contributed by atoms with Crippen molar-refractivity contribution in [2.45, 2.75) is 38.5 Å². The van der Waals surface area contributed by atoms with Gasteiger partial charge in [-0.05, 0) is 85.6 Å². The first-order valence-corrected chi connectivity index (χ1v) is 11.5. The van der Waals surface area contributed by atoms with Crippen LogP contribution in [0.1, 0.15) is 49.9 Å². The van der Waals surface area contributed by atoms with Crippen molar-refractivity contribution in [2.75, 3.05) is 0 Å². The first kappa shape index (κ1) is 18.2. The number of pyridine rings is 1. The second-order valence-corrected chi connectivity index (χ2v) is 10.5. The Morgan fingerprint density at radius 2 is 1.28 bits per heavy atom. The van der Waals surface area contributed by atoms with Crippen molar-refractivity contribution in [2.24, 2.45) is 0 Å². The van der Waals surface area contributed by atoms with Gasteiger partial charge in [0.15, 0.2) is 0 Å². The van der Waals surface area contributed by atoms with Gasteiger partial charge in [-0.1, -0.05) is 70.2 Å². The second kappa shape index (κ2) is 5.66. The lowest BCUT2D eigenvalue weighted by molar-refractivity contribution is 0.639. The third-order valence-electron chi connectivity index (χ3n) is 8.07. The quantitative estimate of drug-likeness (QED) is 0.272. The van der Waals surface area contributed by atoms with E-state index in [1.807, 2.05) is 6.20 Å². The van der Waals surface area contributed by atoms with Gasteiger partial charge in [0.1, 0.15) is 0 Å². The molecule has 4 aromatic carbocycles. The van der Waals surface area contributed by atoms with Crippen molar-refractivity contribution >= 4 is 21.7 Å². The molecule has 0 unspecified atom stereocenters. The highest BCUT2D eigenvalue weighted by Gasteiger charge is 2.45. The molecule has 154 valence electrons. The number of fused-ring (bicyclic) bond motifs is 1. The van der Waals surface area contributed by atoms with E-state index >= 15 is 0 Å². The summed E-state index contributed by atoms with van der Waals surface area (Å²) in [6.07, 6.45) is 1.98. The largest absolute Gasteiger partial charge is 0.256 e. The van der Waals surface area contributed by atoms with Gasteiger partial charge in [0, 0.05) is 22.4 Å². The molecule has 0 atom stereocenters. The molecule has 7 rings (SSSR count). The molecule has 0 saturated carbocycles. The first-order chi connectivity index (χ1) is 15.4. The summed E-state index contributed by atoms with van der Waals surface area (Å²) in [5.41, 5.74) is 12.2. The summed E-state index contributed by atoms with van der Waals surface area (Å²) < 4.78 is 0. The van der Waals surface area contributed by atoms with Gasteiger partial charge in [-0.15, -0.1) is 0 Å². The Balaban J connectivity index is 1.60. The maximum atomic E-state index is 4.73. The zero-order valence-electron chi connectivity index (χ0n) is 19.0. The fourth-order valence-corrected chi connectivity index (χ4v) is 6.27. The third-order valence-corrected chi connectivity index (χ3v) is 8.07. The van der Waals surface area contributed by atoms with Gasteiger partial charge < -0.3 is 0 Å². The van der Waals surface area contributed by atoms with E-state index in [4.69, 9.17) is 4.98 Å². The summed E-state index contributed by atoms with van der Waals surface area (Å²) in [5.74, 6) is 0. The highest BCUT2D eigenvalue weighted by atomic mass is 14.7. The number of hydrogen-bond donors (Lipinski definition) is 0. The topological polar surface area (TPSA) is 12.9 Å². The van der Waals surface area contributed by atoms with Crippen LogP contribution in [0.5, 0.6) is 0 Å². The average molecular weight is 412 g/mol. The van der Waals surface area contributed by atoms with Crippen LogP contribution >= 0.6 is 0 Å². The minimum absolute atomic E-state index is 0.0337. The summed E-state index contributed by atoms with van der Waals surface area (Å²) in [4.78, 5) is 4.73. The summed E-state index contributed by atoms with van der Waals surface area (Å²) in [6.45, 7) is 9.52. The molecule has 1 aromatic heterocycles. The van der Waals surface area contributed by atoms with Crippen LogP contribution in [0.25, 0.3) is 43.9 Å². The summed E-state index contributed by atoms with van der Waals surface area (Å²) in [7, 11) is 0. The molecule has 1 nitrogen and oxygen atoms in total. The zero-order valence-corrected chi connectivity index (χ0v) is 19.0. The molecule has 0 saturated heterocycles. The van der Waals surface area contributed by atoms with Gasteiger partial charge >= 0.3 is 0 Å². The van der Waals surface area contributed by atoms with Crippen LogP contribution in [0.2, 0.25) is 0 Å². The van der Waals surface area contributed by atoms with Crippen LogP contribution in [0, 0.1) is 0 Å². The molecule has 0 radical (unpaired) electrons. The molecular weight excluding hydrogens is 386 g/mol. The molecule has 32 heavy (non-hydrogen) atoms. The summed E-state index contributed by atoms with van der Waals surface area (Å²) in [6, 6.07) is 27.2. The van der Waals surface area contributed by atoms with E-state index in [9.17, 15) is 0 Å². The fraction of sp³-hybridized carbons (Fsp3) is 0.194. The molecule has 5 aromatic rings. The molecule has 2 aliphatic rings. The van der Waals surface area contributed by atoms with E-state index in [0.717, 1.165) is 5.52 Å². The predicted molar refractivity (Wildman–Crippen MR) is 134 cm³/mol. The van der Waals surface area contributed by atoms with Crippen LogP contribution in [0.15, 0.2) is 79.0 Å². The number of benzene rings is 4. The Hall–Kier alpha value is -3.45. The minimum Gasteiger partial charge on any atom is -0.256 e. The predicted octanol–water partition coefficient (Wildman–Crippen LogP) is 8.00. The number of nitrogens with zero attached hydrogens (tertiary/aromatic N) is 1. The van der Waals surface area contributed by atoms with Gasteiger partial charge in [0.05, 0.1) is 5.52 Å². The smallest absolute Gasteiger partial charge is 0.0711 e. The first-order valence-electron chi connectivity index (χ1n) is 11.5. The van der Waals surface area contributed by atoms with Crippen molar-refractivity contribution in [1.82, 2.24) is 4.98 Å². The van der Waals surface area contributed by atoms with Gasteiger partial charge in [-0.3, -0.25) is 4.98 Å². The summed E-state index contributed by atoms with van der Waals surface area (Å²) >= 11 is 0. The summed E-state index contributed by atoms with van der Waals surface area (Å²) in [5, 5.41) is 3.93. The van der Waals surface area contributed by atoms with E-state index < -0.39 is 0 Å². The molecule has 0 N–H and O–H groups in total. The lowest BCUT2D eigenvalue weighted by Gasteiger charge is -2.35. The lowest BCUT2D eigenvalue weighted by atomic mass is 9.68. The maximum Gasteiger partial charge on any atom is 0.0711 e. The standard InChI is InChI=1S/C31H25N/c1-30(2)22-11-12-26-28-23(13-14-32-26)31(3,4)25-17-21(16-24(30)27(25)29(22)28)20-10-9-18-7-5-6-8-19(18)15-20/h5-17H,1-4H3. The van der Waals surface area contributed by atoms with Gasteiger partial charge in [0.25, 0.3) is 0 Å². The van der Waals surface area contributed by atoms with Crippen LogP contribution < -0.4 is 0 Å². The molecule has 2 aliphatic carbocycles. The van der Waals surface area contributed by atoms with E-state index in [0.29, 0.717) is 0 Å². The molecular formula is C31H25N. The van der Waals surface area contributed by atoms with Crippen LogP contribution in [0.3, 0.4) is 0 Å². The third kappa shape index (κ3) is 2.07. The van der Waals surface area contributed by atoms with Gasteiger partial charge in [-0.25, -0.2) is 0 Å². The normalized spacial score (nSPS) is 16.6. The number of aromatic nitrogens is 1. The molecule has 0 aliphatic heterocycles. The number of hydrogen-bond acceptors (Lipinski definition) is 1. The van der Waals surface area contributed by atoms with E-state index in [-0.39, 0.29) is 10.8 Å². The SMILES string of the molecule is CC1(C)c2cc(-c3ccc4ccccc4c3)cc3c2-c2c1ccc1nccc(c21)C3(C)C. The Kier molecular flexibility index (Phi) is 3.21. The fourth-order valence-electron chi connectivity index (χ4n) is 6.27. The highest BCUT2D eigenvalue weighted by molar-refractivity contribution is 6.07. The van der Waals surface area contributed by atoms with E-state index in [1.165, 1.54) is 60.7 Å². The lowest BCUT2D eigenvalue weighted by Crippen LogP contribution is -2.24. The highest BCUT2D eigenvalue weighted by Crippen LogP contribution is 2.59. The molecule has 0 bridgehead atoms. The monoisotopic (exact) mass is 411 g/mol. The van der Waals surface area contributed by atoms with Crippen molar-refractivity contribution in [1.29, 1.82) is 0 Å². The van der Waals surface area contributed by atoms with Crippen molar-refractivity contribution in [3.8, 4) is 22.3 Å². The van der Waals surface area contributed by atoms with E-state index in [2.05, 4.69) is 100 Å². The molecule has 0 fully saturated rings. The van der Waals surface area contributed by atoms with Gasteiger partial charge in [-0.2, -0.15) is 0 Å². The number of rotatable bonds is 1. The minimum atomic E-state index is -0.0792. The van der Waals surface area contributed by atoms with Crippen LogP contribution in [-0.4, -0.2) is 4.98 Å². The molecule has 1 heteroatoms.